The Labute approximate surface area is 130 Å². The fraction of sp³-hybridized carbons (Fsp3) is 0.538. The highest BCUT2D eigenvalue weighted by atomic mass is 35.5. The topological polar surface area (TPSA) is 58.3 Å². The molecule has 0 aliphatic rings. The summed E-state index contributed by atoms with van der Waals surface area (Å²) in [6.45, 7) is 6.22. The van der Waals surface area contributed by atoms with Crippen LogP contribution in [-0.4, -0.2) is 17.3 Å². The van der Waals surface area contributed by atoms with Crippen LogP contribution >= 0.6 is 35.6 Å². The molecule has 0 radical (unpaired) electrons. The molecule has 0 spiro atoms. The zero-order valence-corrected chi connectivity index (χ0v) is 13.7. The number of halogens is 3. The molecule has 0 aliphatic heterocycles. The number of aliphatic hydroxyl groups is 1. The van der Waals surface area contributed by atoms with E-state index in [9.17, 15) is 5.11 Å². The van der Waals surface area contributed by atoms with Gasteiger partial charge in [0.15, 0.2) is 0 Å². The maximum atomic E-state index is 9.51. The van der Waals surface area contributed by atoms with Gasteiger partial charge in [-0.15, -0.1) is 12.4 Å². The molecule has 6 heteroatoms. The maximum absolute atomic E-state index is 9.51. The Morgan fingerprint density at radius 3 is 2.16 bits per heavy atom. The molecule has 1 aromatic carbocycles. The molecule has 110 valence electrons. The van der Waals surface area contributed by atoms with Crippen LogP contribution in [0, 0.1) is 0 Å². The first-order valence-corrected chi connectivity index (χ1v) is 6.69. The Kier molecular flexibility index (Phi) is 7.48. The minimum absolute atomic E-state index is 0. The molecule has 0 heterocycles. The van der Waals surface area contributed by atoms with E-state index >= 15 is 0 Å². The van der Waals surface area contributed by atoms with E-state index in [0.717, 1.165) is 12.0 Å². The van der Waals surface area contributed by atoms with Gasteiger partial charge in [0.25, 0.3) is 0 Å². The van der Waals surface area contributed by atoms with Crippen LogP contribution in [0.5, 0.6) is 0 Å². The Bertz CT molecular complexity index is 401. The van der Waals surface area contributed by atoms with Gasteiger partial charge in [-0.1, -0.05) is 30.1 Å². The van der Waals surface area contributed by atoms with Gasteiger partial charge in [-0.25, -0.2) is 0 Å². The third-order valence-electron chi connectivity index (χ3n) is 3.14. The highest BCUT2D eigenvalue weighted by molar-refractivity contribution is 6.38. The lowest BCUT2D eigenvalue weighted by Crippen LogP contribution is -2.42. The lowest BCUT2D eigenvalue weighted by molar-refractivity contribution is 0.209. The van der Waals surface area contributed by atoms with Crippen LogP contribution in [-0.2, 0) is 0 Å². The molecule has 0 fully saturated rings. The zero-order valence-electron chi connectivity index (χ0n) is 11.3. The highest BCUT2D eigenvalue weighted by Crippen LogP contribution is 2.31. The molecule has 19 heavy (non-hydrogen) atoms. The van der Waals surface area contributed by atoms with Crippen molar-refractivity contribution in [2.45, 2.75) is 38.8 Å². The molecule has 1 rings (SSSR count). The number of nitrogens with two attached hydrogens (primary N) is 1. The number of nitrogen functional groups attached to an aromatic ring is 1. The SMILES string of the molecule is CCC(C)(C)NC(CO)c1cc(Cl)c(N)c(Cl)c1.Cl. The molecule has 0 bridgehead atoms. The van der Waals surface area contributed by atoms with E-state index in [1.165, 1.54) is 0 Å². The van der Waals surface area contributed by atoms with Crippen LogP contribution in [0.3, 0.4) is 0 Å². The lowest BCUT2D eigenvalue weighted by Gasteiger charge is -2.30. The van der Waals surface area contributed by atoms with Crippen molar-refractivity contribution in [2.24, 2.45) is 0 Å². The van der Waals surface area contributed by atoms with Gasteiger partial charge in [0.1, 0.15) is 0 Å². The summed E-state index contributed by atoms with van der Waals surface area (Å²) in [4.78, 5) is 0. The van der Waals surface area contributed by atoms with Crippen molar-refractivity contribution in [3.63, 3.8) is 0 Å². The maximum Gasteiger partial charge on any atom is 0.0693 e. The van der Waals surface area contributed by atoms with Gasteiger partial charge < -0.3 is 16.2 Å². The molecule has 4 N–H and O–H groups in total. The van der Waals surface area contributed by atoms with Crippen molar-refractivity contribution >= 4 is 41.3 Å². The van der Waals surface area contributed by atoms with Crippen LogP contribution in [0.15, 0.2) is 12.1 Å². The third kappa shape index (κ3) is 5.01. The van der Waals surface area contributed by atoms with Crippen molar-refractivity contribution in [1.82, 2.24) is 5.32 Å². The molecule has 0 aromatic heterocycles. The summed E-state index contributed by atoms with van der Waals surface area (Å²) in [6.07, 6.45) is 0.944. The van der Waals surface area contributed by atoms with E-state index in [1.807, 2.05) is 0 Å². The molecular formula is C13H21Cl3N2O. The number of benzene rings is 1. The summed E-state index contributed by atoms with van der Waals surface area (Å²) < 4.78 is 0. The van der Waals surface area contributed by atoms with Crippen LogP contribution < -0.4 is 11.1 Å². The summed E-state index contributed by atoms with van der Waals surface area (Å²) in [6, 6.07) is 3.26. The Morgan fingerprint density at radius 2 is 1.79 bits per heavy atom. The largest absolute Gasteiger partial charge is 0.396 e. The molecule has 1 aromatic rings. The molecule has 0 saturated carbocycles. The molecule has 3 nitrogen and oxygen atoms in total. The minimum Gasteiger partial charge on any atom is -0.396 e. The standard InChI is InChI=1S/C13H20Cl2N2O.ClH/c1-4-13(2,3)17-11(7-18)8-5-9(14)12(16)10(15)6-8;/h5-6,11,17-18H,4,7,16H2,1-3H3;1H. The second-order valence-corrected chi connectivity index (χ2v) is 5.83. The summed E-state index contributed by atoms with van der Waals surface area (Å²) in [5.74, 6) is 0. The summed E-state index contributed by atoms with van der Waals surface area (Å²) in [5.41, 5.74) is 6.83. The van der Waals surface area contributed by atoms with Gasteiger partial charge in [0.05, 0.1) is 28.4 Å². The number of hydrogen-bond acceptors (Lipinski definition) is 3. The van der Waals surface area contributed by atoms with Gasteiger partial charge in [-0.3, -0.25) is 0 Å². The molecule has 0 aliphatic carbocycles. The number of hydrogen-bond donors (Lipinski definition) is 3. The van der Waals surface area contributed by atoms with E-state index in [2.05, 4.69) is 26.1 Å². The minimum atomic E-state index is -0.212. The van der Waals surface area contributed by atoms with Crippen molar-refractivity contribution < 1.29 is 5.11 Å². The number of rotatable bonds is 5. The first kappa shape index (κ1) is 18.8. The van der Waals surface area contributed by atoms with E-state index < -0.39 is 0 Å². The van der Waals surface area contributed by atoms with Crippen LogP contribution in [0.2, 0.25) is 10.0 Å². The summed E-state index contributed by atoms with van der Waals surface area (Å²) in [5, 5.41) is 13.7. The van der Waals surface area contributed by atoms with E-state index in [1.54, 1.807) is 12.1 Å². The van der Waals surface area contributed by atoms with Gasteiger partial charge in [0, 0.05) is 5.54 Å². The monoisotopic (exact) mass is 326 g/mol. The molecular weight excluding hydrogens is 307 g/mol. The fourth-order valence-corrected chi connectivity index (χ4v) is 2.12. The average molecular weight is 328 g/mol. The van der Waals surface area contributed by atoms with Gasteiger partial charge in [0.2, 0.25) is 0 Å². The van der Waals surface area contributed by atoms with E-state index in [-0.39, 0.29) is 30.6 Å². The predicted octanol–water partition coefficient (Wildman–Crippen LogP) is 3.81. The smallest absolute Gasteiger partial charge is 0.0693 e. The van der Waals surface area contributed by atoms with Crippen molar-refractivity contribution in [3.05, 3.63) is 27.7 Å². The van der Waals surface area contributed by atoms with E-state index in [0.29, 0.717) is 15.7 Å². The van der Waals surface area contributed by atoms with Crippen molar-refractivity contribution in [3.8, 4) is 0 Å². The first-order chi connectivity index (χ1) is 8.30. The van der Waals surface area contributed by atoms with Crippen molar-refractivity contribution in [2.75, 3.05) is 12.3 Å². The quantitative estimate of drug-likeness (QED) is 0.721. The highest BCUT2D eigenvalue weighted by Gasteiger charge is 2.22. The number of aliphatic hydroxyl groups excluding tert-OH is 1. The second kappa shape index (κ2) is 7.55. The average Bonchev–Trinajstić information content (AvgIpc) is 2.32. The lowest BCUT2D eigenvalue weighted by atomic mass is 9.98. The molecule has 0 saturated heterocycles. The number of anilines is 1. The summed E-state index contributed by atoms with van der Waals surface area (Å²) in [7, 11) is 0. The molecule has 1 atom stereocenters. The zero-order chi connectivity index (χ0) is 13.9. The van der Waals surface area contributed by atoms with Gasteiger partial charge >= 0.3 is 0 Å². The van der Waals surface area contributed by atoms with Crippen LogP contribution in [0.4, 0.5) is 5.69 Å². The molecule has 0 amide bonds. The first-order valence-electron chi connectivity index (χ1n) is 5.93. The Morgan fingerprint density at radius 1 is 1.32 bits per heavy atom. The van der Waals surface area contributed by atoms with Gasteiger partial charge in [-0.05, 0) is 38.0 Å². The summed E-state index contributed by atoms with van der Waals surface area (Å²) >= 11 is 12.0. The number of nitrogens with one attached hydrogen (secondary N) is 1. The Hall–Kier alpha value is -0.190. The fourth-order valence-electron chi connectivity index (χ4n) is 1.61. The van der Waals surface area contributed by atoms with Crippen LogP contribution in [0.25, 0.3) is 0 Å². The Balaban J connectivity index is 0.00000324. The van der Waals surface area contributed by atoms with Crippen LogP contribution in [0.1, 0.15) is 38.8 Å². The normalized spacial score (nSPS) is 12.9. The second-order valence-electron chi connectivity index (χ2n) is 5.02. The molecule has 1 unspecified atom stereocenters. The van der Waals surface area contributed by atoms with Crippen molar-refractivity contribution in [1.29, 1.82) is 0 Å². The predicted molar refractivity (Wildman–Crippen MR) is 85.5 cm³/mol. The third-order valence-corrected chi connectivity index (χ3v) is 3.76. The van der Waals surface area contributed by atoms with Gasteiger partial charge in [-0.2, -0.15) is 0 Å². The van der Waals surface area contributed by atoms with E-state index in [4.69, 9.17) is 28.9 Å².